The Labute approximate surface area is 194 Å². The molecule has 0 aliphatic carbocycles. The summed E-state index contributed by atoms with van der Waals surface area (Å²) in [5.74, 6) is -1.11. The van der Waals surface area contributed by atoms with Crippen LogP contribution in [0, 0.1) is 0 Å². The normalized spacial score (nSPS) is 14.4. The minimum Gasteiger partial charge on any atom is -0.350 e. The Morgan fingerprint density at radius 2 is 1.91 bits per heavy atom. The topological polar surface area (TPSA) is 145 Å². The summed E-state index contributed by atoms with van der Waals surface area (Å²) < 4.78 is 0. The van der Waals surface area contributed by atoms with E-state index in [2.05, 4.69) is 31.1 Å². The zero-order valence-electron chi connectivity index (χ0n) is 18.1. The monoisotopic (exact) mass is 458 g/mol. The number of aromatic nitrogens is 2. The van der Waals surface area contributed by atoms with E-state index >= 15 is 0 Å². The predicted molar refractivity (Wildman–Crippen MR) is 127 cm³/mol. The predicted octanol–water partition coefficient (Wildman–Crippen LogP) is 1.18. The third-order valence-corrected chi connectivity index (χ3v) is 5.29. The number of H-pyrrole nitrogens is 1. The molecule has 3 aromatic rings. The van der Waals surface area contributed by atoms with Gasteiger partial charge in [0.05, 0.1) is 17.9 Å². The second-order valence-corrected chi connectivity index (χ2v) is 7.64. The zero-order valence-corrected chi connectivity index (χ0v) is 18.1. The minimum absolute atomic E-state index is 0.0935. The summed E-state index contributed by atoms with van der Waals surface area (Å²) in [7, 11) is 0. The van der Waals surface area contributed by atoms with Crippen LogP contribution in [0.4, 0.5) is 0 Å². The SMILES string of the molecule is O=C(/C=C/c1cnc[nH]c1=O)NCC(NC(=O)C1=NNC(=O)CC1)c1ccc2ccccc2c1. The molecule has 4 rings (SSSR count). The molecule has 0 bridgehead atoms. The van der Waals surface area contributed by atoms with Gasteiger partial charge in [-0.1, -0.05) is 36.4 Å². The number of carbonyl (C=O) groups excluding carboxylic acids is 3. The van der Waals surface area contributed by atoms with Crippen molar-refractivity contribution in [2.75, 3.05) is 6.54 Å². The van der Waals surface area contributed by atoms with E-state index in [1.807, 2.05) is 42.5 Å². The lowest BCUT2D eigenvalue weighted by atomic mass is 10.0. The van der Waals surface area contributed by atoms with E-state index in [4.69, 9.17) is 0 Å². The fourth-order valence-electron chi connectivity index (χ4n) is 3.46. The van der Waals surface area contributed by atoms with Crippen molar-refractivity contribution in [2.45, 2.75) is 18.9 Å². The number of nitrogens with zero attached hydrogens (tertiary/aromatic N) is 2. The van der Waals surface area contributed by atoms with Crippen molar-refractivity contribution in [3.63, 3.8) is 0 Å². The number of hydrazone groups is 1. The van der Waals surface area contributed by atoms with Crippen LogP contribution in [0.3, 0.4) is 0 Å². The van der Waals surface area contributed by atoms with Crippen molar-refractivity contribution < 1.29 is 14.4 Å². The van der Waals surface area contributed by atoms with Crippen LogP contribution in [0.2, 0.25) is 0 Å². The Hall–Kier alpha value is -4.60. The summed E-state index contributed by atoms with van der Waals surface area (Å²) in [5.41, 5.74) is 3.21. The largest absolute Gasteiger partial charge is 0.350 e. The highest BCUT2D eigenvalue weighted by Gasteiger charge is 2.22. The van der Waals surface area contributed by atoms with Crippen LogP contribution in [-0.2, 0) is 14.4 Å². The van der Waals surface area contributed by atoms with E-state index in [1.54, 1.807) is 0 Å². The molecule has 0 saturated heterocycles. The Morgan fingerprint density at radius 1 is 1.09 bits per heavy atom. The average Bonchev–Trinajstić information content (AvgIpc) is 2.86. The molecule has 2 heterocycles. The number of hydrogen-bond donors (Lipinski definition) is 4. The van der Waals surface area contributed by atoms with Gasteiger partial charge in [-0.25, -0.2) is 10.4 Å². The summed E-state index contributed by atoms with van der Waals surface area (Å²) >= 11 is 0. The van der Waals surface area contributed by atoms with Gasteiger partial charge in [0.2, 0.25) is 11.8 Å². The third-order valence-electron chi connectivity index (χ3n) is 5.29. The summed E-state index contributed by atoms with van der Waals surface area (Å²) in [6.45, 7) is 0.0935. The molecule has 2 aromatic carbocycles. The number of nitrogens with one attached hydrogen (secondary N) is 4. The number of fused-ring (bicyclic) bond motifs is 1. The first-order valence-corrected chi connectivity index (χ1v) is 10.6. The molecule has 1 atom stereocenters. The zero-order chi connectivity index (χ0) is 23.9. The number of amides is 3. The van der Waals surface area contributed by atoms with E-state index in [1.165, 1.54) is 24.7 Å². The van der Waals surface area contributed by atoms with Crippen LogP contribution in [0.1, 0.15) is 30.0 Å². The highest BCUT2D eigenvalue weighted by atomic mass is 16.2. The van der Waals surface area contributed by atoms with Gasteiger partial charge in [0.25, 0.3) is 11.5 Å². The summed E-state index contributed by atoms with van der Waals surface area (Å²) in [6, 6.07) is 13.0. The van der Waals surface area contributed by atoms with Crippen molar-refractivity contribution in [3.8, 4) is 0 Å². The Balaban J connectivity index is 1.51. The molecular formula is C24H22N6O4. The van der Waals surface area contributed by atoms with Crippen LogP contribution in [0.5, 0.6) is 0 Å². The Morgan fingerprint density at radius 3 is 2.68 bits per heavy atom. The number of aromatic amines is 1. The van der Waals surface area contributed by atoms with Gasteiger partial charge < -0.3 is 15.6 Å². The molecule has 1 aliphatic rings. The first kappa shape index (κ1) is 22.6. The fourth-order valence-corrected chi connectivity index (χ4v) is 3.46. The van der Waals surface area contributed by atoms with Gasteiger partial charge in [-0.15, -0.1) is 0 Å². The molecule has 172 valence electrons. The molecule has 10 heteroatoms. The number of benzene rings is 2. The lowest BCUT2D eigenvalue weighted by Crippen LogP contribution is -2.42. The first-order valence-electron chi connectivity index (χ1n) is 10.6. The van der Waals surface area contributed by atoms with Gasteiger partial charge in [0.1, 0.15) is 5.71 Å². The van der Waals surface area contributed by atoms with Gasteiger partial charge in [-0.2, -0.15) is 5.10 Å². The molecule has 1 unspecified atom stereocenters. The smallest absolute Gasteiger partial charge is 0.268 e. The maximum atomic E-state index is 12.8. The van der Waals surface area contributed by atoms with E-state index < -0.39 is 17.9 Å². The lowest BCUT2D eigenvalue weighted by molar-refractivity contribution is -0.121. The van der Waals surface area contributed by atoms with E-state index in [0.29, 0.717) is 0 Å². The second kappa shape index (κ2) is 10.3. The molecule has 0 radical (unpaired) electrons. The van der Waals surface area contributed by atoms with Crippen LogP contribution in [0.25, 0.3) is 16.8 Å². The number of hydrogen-bond acceptors (Lipinski definition) is 6. The van der Waals surface area contributed by atoms with Crippen molar-refractivity contribution in [2.24, 2.45) is 5.10 Å². The average molecular weight is 458 g/mol. The van der Waals surface area contributed by atoms with E-state index in [-0.39, 0.29) is 42.1 Å². The molecule has 34 heavy (non-hydrogen) atoms. The third kappa shape index (κ3) is 5.60. The Bertz CT molecular complexity index is 1360. The summed E-state index contributed by atoms with van der Waals surface area (Å²) in [4.78, 5) is 54.5. The quantitative estimate of drug-likeness (QED) is 0.393. The highest BCUT2D eigenvalue weighted by Crippen LogP contribution is 2.20. The molecule has 0 spiro atoms. The van der Waals surface area contributed by atoms with Gasteiger partial charge in [0, 0.05) is 31.7 Å². The van der Waals surface area contributed by atoms with Gasteiger partial charge in [-0.3, -0.25) is 19.2 Å². The lowest BCUT2D eigenvalue weighted by Gasteiger charge is -2.21. The summed E-state index contributed by atoms with van der Waals surface area (Å²) in [5, 5.41) is 11.5. The van der Waals surface area contributed by atoms with Crippen LogP contribution in [0.15, 0.2) is 71.0 Å². The summed E-state index contributed by atoms with van der Waals surface area (Å²) in [6.07, 6.45) is 5.62. The molecule has 1 aromatic heterocycles. The fraction of sp³-hybridized carbons (Fsp3) is 0.167. The highest BCUT2D eigenvalue weighted by molar-refractivity contribution is 6.39. The van der Waals surface area contributed by atoms with Crippen LogP contribution in [-0.4, -0.2) is 39.9 Å². The van der Waals surface area contributed by atoms with Crippen LogP contribution < -0.4 is 21.6 Å². The molecular weight excluding hydrogens is 436 g/mol. The van der Waals surface area contributed by atoms with Crippen molar-refractivity contribution >= 4 is 40.3 Å². The van der Waals surface area contributed by atoms with Gasteiger partial charge in [0.15, 0.2) is 0 Å². The molecule has 1 aliphatic heterocycles. The standard InChI is InChI=1S/C24H22N6O4/c31-21(9-7-18-12-25-14-27-23(18)33)26-13-20(28-24(34)19-8-10-22(32)30-29-19)17-6-5-15-3-1-2-4-16(15)11-17/h1-7,9,11-12,14,20H,8,10,13H2,(H,26,31)(H,28,34)(H,30,32)(H,25,27,33)/b9-7+. The molecule has 3 amide bonds. The molecule has 0 fully saturated rings. The van der Waals surface area contributed by atoms with Crippen LogP contribution >= 0.6 is 0 Å². The first-order chi connectivity index (χ1) is 16.5. The van der Waals surface area contributed by atoms with Gasteiger partial charge in [-0.05, 0) is 28.5 Å². The second-order valence-electron chi connectivity index (χ2n) is 7.64. The Kier molecular flexibility index (Phi) is 6.87. The van der Waals surface area contributed by atoms with Crippen molar-refractivity contribution in [1.29, 1.82) is 0 Å². The maximum Gasteiger partial charge on any atom is 0.268 e. The maximum absolute atomic E-state index is 12.8. The molecule has 4 N–H and O–H groups in total. The van der Waals surface area contributed by atoms with E-state index in [0.717, 1.165) is 16.3 Å². The number of rotatable bonds is 7. The van der Waals surface area contributed by atoms with Crippen molar-refractivity contribution in [3.05, 3.63) is 82.5 Å². The minimum atomic E-state index is -0.559. The van der Waals surface area contributed by atoms with E-state index in [9.17, 15) is 19.2 Å². The molecule has 10 nitrogen and oxygen atoms in total. The number of carbonyl (C=O) groups is 3. The molecule has 0 saturated carbocycles. The van der Waals surface area contributed by atoms with Crippen molar-refractivity contribution in [1.82, 2.24) is 26.0 Å². The van der Waals surface area contributed by atoms with Gasteiger partial charge >= 0.3 is 0 Å².